The number of carbonyl (C=O) groups excluding carboxylic acids is 1. The fraction of sp³-hybridized carbons (Fsp3) is 0.231. The van der Waals surface area contributed by atoms with Crippen LogP contribution in [-0.4, -0.2) is 22.4 Å². The molecule has 0 aliphatic carbocycles. The first-order chi connectivity index (χ1) is 10.7. The molecule has 0 aliphatic rings. The number of nitrogens with zero attached hydrogens (tertiary/aromatic N) is 1. The van der Waals surface area contributed by atoms with Gasteiger partial charge in [0.05, 0.1) is 22.2 Å². The second kappa shape index (κ2) is 6.29. The van der Waals surface area contributed by atoms with Gasteiger partial charge in [-0.1, -0.05) is 23.2 Å². The van der Waals surface area contributed by atoms with Gasteiger partial charge < -0.3 is 4.74 Å². The van der Waals surface area contributed by atoms with Crippen molar-refractivity contribution in [2.45, 2.75) is 13.1 Å². The lowest BCUT2D eigenvalue weighted by Gasteiger charge is -2.12. The van der Waals surface area contributed by atoms with Crippen LogP contribution in [0.15, 0.2) is 23.1 Å². The van der Waals surface area contributed by atoms with Crippen molar-refractivity contribution in [2.24, 2.45) is 0 Å². The van der Waals surface area contributed by atoms with Gasteiger partial charge >= 0.3 is 12.1 Å². The molecule has 2 rings (SSSR count). The minimum absolute atomic E-state index is 0.0608. The van der Waals surface area contributed by atoms with E-state index < -0.39 is 33.3 Å². The number of nitrogens with one attached hydrogen (secondary N) is 1. The summed E-state index contributed by atoms with van der Waals surface area (Å²) in [6, 6.07) is 1.28. The van der Waals surface area contributed by atoms with Crippen LogP contribution < -0.4 is 5.56 Å². The average molecular weight is 369 g/mol. The lowest BCUT2D eigenvalue weighted by atomic mass is 10.2. The number of esters is 1. The van der Waals surface area contributed by atoms with Crippen LogP contribution in [0.2, 0.25) is 10.0 Å². The molecule has 0 unspecified atom stereocenters. The highest BCUT2D eigenvalue weighted by molar-refractivity contribution is 6.37. The van der Waals surface area contributed by atoms with Crippen LogP contribution in [-0.2, 0) is 10.9 Å². The summed E-state index contributed by atoms with van der Waals surface area (Å²) in [6.45, 7) is 1.62. The van der Waals surface area contributed by atoms with Crippen LogP contribution >= 0.6 is 23.2 Å². The quantitative estimate of drug-likeness (QED) is 0.840. The molecule has 23 heavy (non-hydrogen) atoms. The molecule has 0 spiro atoms. The first-order valence-electron chi connectivity index (χ1n) is 6.21. The molecule has 0 atom stereocenters. The maximum Gasteiger partial charge on any atom is 0.416 e. The number of halogens is 5. The first-order valence-corrected chi connectivity index (χ1v) is 6.96. The van der Waals surface area contributed by atoms with Gasteiger partial charge in [-0.05, 0) is 19.1 Å². The molecular weight excluding hydrogens is 360 g/mol. The number of carbonyl (C=O) groups is 1. The zero-order valence-corrected chi connectivity index (χ0v) is 13.0. The van der Waals surface area contributed by atoms with Crippen molar-refractivity contribution >= 4 is 29.2 Å². The van der Waals surface area contributed by atoms with E-state index in [1.54, 1.807) is 6.92 Å². The molecule has 1 heterocycles. The summed E-state index contributed by atoms with van der Waals surface area (Å²) in [5.41, 5.74) is -2.41. The summed E-state index contributed by atoms with van der Waals surface area (Å²) >= 11 is 11.6. The van der Waals surface area contributed by atoms with E-state index in [0.717, 1.165) is 10.9 Å². The van der Waals surface area contributed by atoms with E-state index in [4.69, 9.17) is 27.9 Å². The van der Waals surface area contributed by atoms with E-state index in [2.05, 4.69) is 5.10 Å². The highest BCUT2D eigenvalue weighted by Gasteiger charge is 2.32. The van der Waals surface area contributed by atoms with Crippen LogP contribution in [0.25, 0.3) is 5.69 Å². The van der Waals surface area contributed by atoms with E-state index in [-0.39, 0.29) is 17.9 Å². The second-order valence-corrected chi connectivity index (χ2v) is 5.15. The van der Waals surface area contributed by atoms with Crippen LogP contribution in [0.3, 0.4) is 0 Å². The van der Waals surface area contributed by atoms with Crippen molar-refractivity contribution in [1.29, 1.82) is 0 Å². The maximum absolute atomic E-state index is 12.7. The Morgan fingerprint density at radius 2 is 1.87 bits per heavy atom. The lowest BCUT2D eigenvalue weighted by molar-refractivity contribution is -0.137. The predicted molar refractivity (Wildman–Crippen MR) is 77.4 cm³/mol. The van der Waals surface area contributed by atoms with E-state index in [0.29, 0.717) is 12.1 Å². The van der Waals surface area contributed by atoms with Gasteiger partial charge in [0.15, 0.2) is 0 Å². The summed E-state index contributed by atoms with van der Waals surface area (Å²) in [4.78, 5) is 23.8. The third-order valence-corrected chi connectivity index (χ3v) is 3.41. The molecule has 0 saturated heterocycles. The molecule has 124 valence electrons. The summed E-state index contributed by atoms with van der Waals surface area (Å²) < 4.78 is 43.6. The standard InChI is InChI=1S/C13H9Cl2F3N2O3/c1-2-23-12(22)7-5-19-20(11(7)21)10-8(14)3-6(4-9(10)15)13(16,17)18/h3-5,19H,2H2,1H3. The van der Waals surface area contributed by atoms with Crippen molar-refractivity contribution in [3.05, 3.63) is 49.9 Å². The molecule has 0 saturated carbocycles. The largest absolute Gasteiger partial charge is 0.462 e. The normalized spacial score (nSPS) is 11.6. The SMILES string of the molecule is CCOC(=O)c1c[nH]n(-c2c(Cl)cc(C(F)(F)F)cc2Cl)c1=O. The van der Waals surface area contributed by atoms with Crippen LogP contribution in [0.4, 0.5) is 13.2 Å². The fourth-order valence-electron chi connectivity index (χ4n) is 1.83. The highest BCUT2D eigenvalue weighted by atomic mass is 35.5. The second-order valence-electron chi connectivity index (χ2n) is 4.33. The van der Waals surface area contributed by atoms with Gasteiger partial charge in [-0.2, -0.15) is 13.2 Å². The fourth-order valence-corrected chi connectivity index (χ4v) is 2.49. The van der Waals surface area contributed by atoms with Gasteiger partial charge in [-0.3, -0.25) is 9.89 Å². The topological polar surface area (TPSA) is 64.1 Å². The van der Waals surface area contributed by atoms with Gasteiger partial charge in [0.2, 0.25) is 0 Å². The third kappa shape index (κ3) is 3.37. The molecule has 2 aromatic rings. The summed E-state index contributed by atoms with van der Waals surface area (Å²) in [7, 11) is 0. The Morgan fingerprint density at radius 3 is 2.35 bits per heavy atom. The molecule has 0 fully saturated rings. The van der Waals surface area contributed by atoms with Crippen molar-refractivity contribution in [3.8, 4) is 5.69 Å². The Hall–Kier alpha value is -1.93. The summed E-state index contributed by atoms with van der Waals surface area (Å²) in [6.07, 6.45) is -3.58. The first kappa shape index (κ1) is 17.4. The van der Waals surface area contributed by atoms with E-state index in [1.807, 2.05) is 0 Å². The van der Waals surface area contributed by atoms with E-state index in [9.17, 15) is 22.8 Å². The van der Waals surface area contributed by atoms with Crippen LogP contribution in [0, 0.1) is 0 Å². The van der Waals surface area contributed by atoms with Crippen molar-refractivity contribution in [3.63, 3.8) is 0 Å². The average Bonchev–Trinajstić information content (AvgIpc) is 2.79. The van der Waals surface area contributed by atoms with Crippen molar-refractivity contribution < 1.29 is 22.7 Å². The molecule has 0 aliphatic heterocycles. The van der Waals surface area contributed by atoms with E-state index in [1.165, 1.54) is 0 Å². The number of alkyl halides is 3. The molecule has 1 aromatic carbocycles. The van der Waals surface area contributed by atoms with Gasteiger partial charge in [0, 0.05) is 6.20 Å². The molecule has 10 heteroatoms. The molecule has 0 amide bonds. The number of hydrogen-bond donors (Lipinski definition) is 1. The Kier molecular flexibility index (Phi) is 4.76. The molecule has 0 radical (unpaired) electrons. The minimum Gasteiger partial charge on any atom is -0.462 e. The zero-order valence-electron chi connectivity index (χ0n) is 11.5. The molecule has 0 bridgehead atoms. The number of hydrogen-bond acceptors (Lipinski definition) is 3. The third-order valence-electron chi connectivity index (χ3n) is 2.83. The molecular formula is C13H9Cl2F3N2O3. The number of ether oxygens (including phenoxy) is 1. The monoisotopic (exact) mass is 368 g/mol. The molecule has 1 N–H and O–H groups in total. The Balaban J connectivity index is 2.56. The highest BCUT2D eigenvalue weighted by Crippen LogP contribution is 2.36. The number of benzene rings is 1. The number of H-pyrrole nitrogens is 1. The van der Waals surface area contributed by atoms with Crippen molar-refractivity contribution in [1.82, 2.24) is 9.78 Å². The van der Waals surface area contributed by atoms with Gasteiger partial charge in [-0.25, -0.2) is 9.48 Å². The van der Waals surface area contributed by atoms with Gasteiger partial charge in [0.25, 0.3) is 5.56 Å². The lowest BCUT2D eigenvalue weighted by Crippen LogP contribution is -2.22. The van der Waals surface area contributed by atoms with Crippen LogP contribution in [0.5, 0.6) is 0 Å². The predicted octanol–water partition coefficient (Wildman–Crippen LogP) is 3.67. The minimum atomic E-state index is -4.64. The Labute approximate surface area is 137 Å². The Bertz CT molecular complexity index is 789. The smallest absolute Gasteiger partial charge is 0.416 e. The number of aromatic nitrogens is 2. The van der Waals surface area contributed by atoms with Gasteiger partial charge in [0.1, 0.15) is 11.3 Å². The molecule has 5 nitrogen and oxygen atoms in total. The zero-order chi connectivity index (χ0) is 17.4. The van der Waals surface area contributed by atoms with Crippen molar-refractivity contribution in [2.75, 3.05) is 6.61 Å². The number of aromatic amines is 1. The maximum atomic E-state index is 12.7. The Morgan fingerprint density at radius 1 is 1.30 bits per heavy atom. The summed E-state index contributed by atoms with van der Waals surface area (Å²) in [5.74, 6) is -0.869. The molecule has 1 aromatic heterocycles. The number of rotatable bonds is 3. The van der Waals surface area contributed by atoms with Gasteiger partial charge in [-0.15, -0.1) is 0 Å². The van der Waals surface area contributed by atoms with E-state index >= 15 is 0 Å². The van der Waals surface area contributed by atoms with Crippen LogP contribution in [0.1, 0.15) is 22.8 Å². The summed E-state index contributed by atoms with van der Waals surface area (Å²) in [5, 5.41) is 1.62.